The molecule has 9 nitrogen and oxygen atoms in total. The summed E-state index contributed by atoms with van der Waals surface area (Å²) in [5, 5.41) is 4.71. The van der Waals surface area contributed by atoms with E-state index in [4.69, 9.17) is 4.74 Å². The van der Waals surface area contributed by atoms with Crippen LogP contribution in [-0.2, 0) is 27.4 Å². The summed E-state index contributed by atoms with van der Waals surface area (Å²) in [5.41, 5.74) is 1.40. The number of nitrogens with zero attached hydrogens (tertiary/aromatic N) is 2. The van der Waals surface area contributed by atoms with Gasteiger partial charge in [0.1, 0.15) is 0 Å². The molecule has 1 fully saturated rings. The summed E-state index contributed by atoms with van der Waals surface area (Å²) in [4.78, 5) is 47.7. The van der Waals surface area contributed by atoms with Gasteiger partial charge < -0.3 is 10.1 Å². The van der Waals surface area contributed by atoms with Gasteiger partial charge in [-0.1, -0.05) is 19.1 Å². The minimum atomic E-state index is -0.691. The van der Waals surface area contributed by atoms with E-state index in [9.17, 15) is 19.2 Å². The fourth-order valence-corrected chi connectivity index (χ4v) is 2.96. The summed E-state index contributed by atoms with van der Waals surface area (Å²) < 4.78 is 8.12. The third-order valence-corrected chi connectivity index (χ3v) is 4.44. The van der Waals surface area contributed by atoms with Gasteiger partial charge in [-0.25, -0.2) is 9.59 Å². The number of rotatable bonds is 8. The number of carbonyl (C=O) groups excluding carboxylic acids is 3. The quantitative estimate of drug-likeness (QED) is 0.659. The molecule has 0 bridgehead atoms. The Bertz CT molecular complexity index is 941. The lowest BCUT2D eigenvalue weighted by atomic mass is 10.3. The van der Waals surface area contributed by atoms with Crippen molar-refractivity contribution in [3.8, 4) is 0 Å². The van der Waals surface area contributed by atoms with Gasteiger partial charge in [-0.3, -0.25) is 24.0 Å². The van der Waals surface area contributed by atoms with Crippen molar-refractivity contribution in [3.05, 3.63) is 34.7 Å². The minimum absolute atomic E-state index is 0.0540. The second-order valence-corrected chi connectivity index (χ2v) is 6.78. The van der Waals surface area contributed by atoms with Gasteiger partial charge in [-0.2, -0.15) is 0 Å². The van der Waals surface area contributed by atoms with Crippen molar-refractivity contribution in [1.29, 1.82) is 0 Å². The molecular formula is C19H24N4O5. The molecule has 2 aromatic rings. The highest BCUT2D eigenvalue weighted by molar-refractivity contribution is 5.95. The molecule has 2 N–H and O–H groups in total. The van der Waals surface area contributed by atoms with E-state index >= 15 is 0 Å². The normalized spacial score (nSPS) is 13.3. The lowest BCUT2D eigenvalue weighted by molar-refractivity contribution is -0.148. The second kappa shape index (κ2) is 8.73. The first-order valence-corrected chi connectivity index (χ1v) is 9.43. The fraction of sp³-hybridized carbons (Fsp3) is 0.474. The Morgan fingerprint density at radius 2 is 1.75 bits per heavy atom. The van der Waals surface area contributed by atoms with Gasteiger partial charge in [0.2, 0.25) is 0 Å². The highest BCUT2D eigenvalue weighted by Crippen LogP contribution is 2.18. The van der Waals surface area contributed by atoms with Crippen LogP contribution in [0, 0.1) is 0 Å². The van der Waals surface area contributed by atoms with Crippen LogP contribution in [0.15, 0.2) is 29.1 Å². The maximum absolute atomic E-state index is 12.6. The highest BCUT2D eigenvalue weighted by atomic mass is 16.5. The Labute approximate surface area is 161 Å². The van der Waals surface area contributed by atoms with E-state index in [0.29, 0.717) is 6.54 Å². The Hall–Kier alpha value is -3.10. The van der Waals surface area contributed by atoms with Gasteiger partial charge >= 0.3 is 17.7 Å². The Morgan fingerprint density at radius 3 is 2.36 bits per heavy atom. The second-order valence-electron chi connectivity index (χ2n) is 6.78. The summed E-state index contributed by atoms with van der Waals surface area (Å²) >= 11 is 0. The first-order chi connectivity index (χ1) is 13.5. The zero-order chi connectivity index (χ0) is 20.1. The summed E-state index contributed by atoms with van der Waals surface area (Å²) in [5.74, 6) is -1.31. The number of hydrogen-bond donors (Lipinski definition) is 2. The summed E-state index contributed by atoms with van der Waals surface area (Å²) in [6.07, 6.45) is 2.58. The van der Waals surface area contributed by atoms with E-state index in [1.54, 1.807) is 4.57 Å². The smallest absolute Gasteiger partial charge is 0.329 e. The maximum atomic E-state index is 12.6. The molecule has 9 heteroatoms. The van der Waals surface area contributed by atoms with Gasteiger partial charge in [0.25, 0.3) is 5.91 Å². The number of amides is 3. The molecule has 1 aromatic carbocycles. The van der Waals surface area contributed by atoms with Crippen molar-refractivity contribution in [2.45, 2.75) is 51.7 Å². The SMILES string of the molecule is CCCn1c(=O)n(CCC(=O)OCC(=O)NC(=O)NC2CC2)c2ccccc21. The lowest BCUT2D eigenvalue weighted by Crippen LogP contribution is -2.42. The number of ether oxygens (including phenoxy) is 1. The molecule has 0 radical (unpaired) electrons. The standard InChI is InChI=1S/C19H24N4O5/c1-2-10-22-14-5-3-4-6-15(14)23(19(22)27)11-9-17(25)28-12-16(24)21-18(26)20-13-7-8-13/h3-6,13H,2,7-12H2,1H3,(H2,20,21,24,26). The van der Waals surface area contributed by atoms with Crippen LogP contribution in [0.5, 0.6) is 0 Å². The number of carbonyl (C=O) groups is 3. The zero-order valence-corrected chi connectivity index (χ0v) is 15.8. The topological polar surface area (TPSA) is 111 Å². The van der Waals surface area contributed by atoms with Crippen molar-refractivity contribution < 1.29 is 19.1 Å². The van der Waals surface area contributed by atoms with E-state index < -0.39 is 24.5 Å². The molecule has 150 valence electrons. The number of nitrogens with one attached hydrogen (secondary N) is 2. The number of aryl methyl sites for hydroxylation is 2. The predicted octanol–water partition coefficient (Wildman–Crippen LogP) is 1.13. The Kier molecular flexibility index (Phi) is 6.13. The van der Waals surface area contributed by atoms with Crippen molar-refractivity contribution in [1.82, 2.24) is 19.8 Å². The molecule has 3 amide bonds. The van der Waals surface area contributed by atoms with Crippen LogP contribution < -0.4 is 16.3 Å². The predicted molar refractivity (Wildman–Crippen MR) is 102 cm³/mol. The van der Waals surface area contributed by atoms with E-state index in [1.807, 2.05) is 31.2 Å². The van der Waals surface area contributed by atoms with Crippen LogP contribution in [-0.4, -0.2) is 39.7 Å². The number of benzene rings is 1. The number of hydrogen-bond acceptors (Lipinski definition) is 5. The first-order valence-electron chi connectivity index (χ1n) is 9.43. The van der Waals surface area contributed by atoms with Crippen LogP contribution in [0.2, 0.25) is 0 Å². The number of urea groups is 1. The molecule has 0 atom stereocenters. The van der Waals surface area contributed by atoms with Gasteiger partial charge in [0.15, 0.2) is 6.61 Å². The average Bonchev–Trinajstić information content (AvgIpc) is 3.44. The summed E-state index contributed by atoms with van der Waals surface area (Å²) in [7, 11) is 0. The van der Waals surface area contributed by atoms with E-state index in [-0.39, 0.29) is 24.7 Å². The van der Waals surface area contributed by atoms with Gasteiger partial charge in [-0.15, -0.1) is 0 Å². The number of aromatic nitrogens is 2. The van der Waals surface area contributed by atoms with Crippen molar-refractivity contribution in [2.75, 3.05) is 6.61 Å². The molecule has 0 saturated heterocycles. The third-order valence-electron chi connectivity index (χ3n) is 4.44. The van der Waals surface area contributed by atoms with E-state index in [1.165, 1.54) is 4.57 Å². The van der Waals surface area contributed by atoms with Gasteiger partial charge in [0.05, 0.1) is 17.5 Å². The number of esters is 1. The van der Waals surface area contributed by atoms with Crippen LogP contribution in [0.1, 0.15) is 32.6 Å². The number of imidazole rings is 1. The fourth-order valence-electron chi connectivity index (χ4n) is 2.96. The minimum Gasteiger partial charge on any atom is -0.456 e. The highest BCUT2D eigenvalue weighted by Gasteiger charge is 2.24. The largest absolute Gasteiger partial charge is 0.456 e. The van der Waals surface area contributed by atoms with Gasteiger partial charge in [-0.05, 0) is 31.4 Å². The molecule has 1 saturated carbocycles. The monoisotopic (exact) mass is 388 g/mol. The van der Waals surface area contributed by atoms with Crippen molar-refractivity contribution in [3.63, 3.8) is 0 Å². The summed E-state index contributed by atoms with van der Waals surface area (Å²) in [6, 6.07) is 6.95. The molecule has 1 aliphatic rings. The van der Waals surface area contributed by atoms with Crippen LogP contribution in [0.3, 0.4) is 0 Å². The first kappa shape index (κ1) is 19.7. The third kappa shape index (κ3) is 4.79. The molecular weight excluding hydrogens is 364 g/mol. The van der Waals surface area contributed by atoms with Crippen LogP contribution >= 0.6 is 0 Å². The van der Waals surface area contributed by atoms with E-state index in [0.717, 1.165) is 30.3 Å². The molecule has 1 aliphatic carbocycles. The number of fused-ring (bicyclic) bond motifs is 1. The lowest BCUT2D eigenvalue weighted by Gasteiger charge is -2.07. The van der Waals surface area contributed by atoms with Crippen LogP contribution in [0.25, 0.3) is 11.0 Å². The number of imide groups is 1. The van der Waals surface area contributed by atoms with Crippen molar-refractivity contribution >= 4 is 28.9 Å². The number of para-hydroxylation sites is 2. The molecule has 1 aromatic heterocycles. The average molecular weight is 388 g/mol. The van der Waals surface area contributed by atoms with Crippen LogP contribution in [0.4, 0.5) is 4.79 Å². The Morgan fingerprint density at radius 1 is 1.11 bits per heavy atom. The molecule has 3 rings (SSSR count). The maximum Gasteiger partial charge on any atom is 0.329 e. The van der Waals surface area contributed by atoms with E-state index in [2.05, 4.69) is 10.6 Å². The molecule has 1 heterocycles. The molecule has 0 unspecified atom stereocenters. The molecule has 28 heavy (non-hydrogen) atoms. The Balaban J connectivity index is 1.53. The molecule has 0 aliphatic heterocycles. The van der Waals surface area contributed by atoms with Gasteiger partial charge in [0, 0.05) is 19.1 Å². The molecule has 0 spiro atoms. The van der Waals surface area contributed by atoms with Crippen molar-refractivity contribution in [2.24, 2.45) is 0 Å². The zero-order valence-electron chi connectivity index (χ0n) is 15.8. The summed E-state index contributed by atoms with van der Waals surface area (Å²) in [6.45, 7) is 2.20.